The molecule has 1 aromatic heterocycles. The predicted octanol–water partition coefficient (Wildman–Crippen LogP) is 5.97. The van der Waals surface area contributed by atoms with Crippen molar-refractivity contribution in [2.75, 3.05) is 31.5 Å². The number of nitrogens with zero attached hydrogens (tertiary/aromatic N) is 2. The van der Waals surface area contributed by atoms with Crippen molar-refractivity contribution in [2.24, 2.45) is 0 Å². The Bertz CT molecular complexity index is 1620. The van der Waals surface area contributed by atoms with Gasteiger partial charge < -0.3 is 25.4 Å². The Morgan fingerprint density at radius 1 is 1.09 bits per heavy atom. The predicted molar refractivity (Wildman–Crippen MR) is 170 cm³/mol. The number of nitrogens with one attached hydrogen (secondary N) is 3. The molecule has 43 heavy (non-hydrogen) atoms. The van der Waals surface area contributed by atoms with Gasteiger partial charge >= 0.3 is 0 Å². The highest BCUT2D eigenvalue weighted by Gasteiger charge is 2.34. The molecule has 3 aliphatic rings. The number of aromatic amines is 1. The molecule has 2 saturated heterocycles. The zero-order valence-corrected chi connectivity index (χ0v) is 25.7. The summed E-state index contributed by atoms with van der Waals surface area (Å²) >= 11 is 6.13. The van der Waals surface area contributed by atoms with Crippen molar-refractivity contribution < 1.29 is 14.4 Å². The van der Waals surface area contributed by atoms with E-state index < -0.39 is 0 Å². The minimum absolute atomic E-state index is 0.0571. The Morgan fingerprint density at radius 2 is 1.88 bits per heavy atom. The van der Waals surface area contributed by atoms with Gasteiger partial charge in [-0.1, -0.05) is 23.7 Å². The molecule has 3 aromatic rings. The molecule has 0 radical (unpaired) electrons. The second-order valence-electron chi connectivity index (χ2n) is 12.0. The molecular formula is C34H38ClN5O3. The van der Waals surface area contributed by atoms with E-state index in [1.54, 1.807) is 30.3 Å². The van der Waals surface area contributed by atoms with Crippen LogP contribution in [0.4, 0.5) is 5.69 Å². The Labute approximate surface area is 257 Å². The lowest BCUT2D eigenvalue weighted by molar-refractivity contribution is -0.110. The quantitative estimate of drug-likeness (QED) is 0.292. The van der Waals surface area contributed by atoms with Gasteiger partial charge in [0.15, 0.2) is 0 Å². The van der Waals surface area contributed by atoms with Gasteiger partial charge in [0.25, 0.3) is 17.7 Å². The van der Waals surface area contributed by atoms with Gasteiger partial charge in [-0.3, -0.25) is 14.4 Å². The number of H-pyrrole nitrogens is 1. The van der Waals surface area contributed by atoms with Crippen LogP contribution < -0.4 is 10.6 Å². The third-order valence-electron chi connectivity index (χ3n) is 9.05. The molecule has 3 amide bonds. The molecule has 9 heteroatoms. The van der Waals surface area contributed by atoms with Gasteiger partial charge in [-0.05, 0) is 107 Å². The number of benzene rings is 2. The van der Waals surface area contributed by atoms with Crippen molar-refractivity contribution in [2.45, 2.75) is 58.5 Å². The standard InChI is InChI=1S/C34H38ClN5O3/c1-20-30(36-22(3)31(20)34(43)40-15-7-10-26(40)19-39-13-4-5-14-39)18-28-27-17-24(11-12-29(27)38-33(28)42)32(41)37-21(2)23-8-6-9-25(35)16-23/h6,8-9,11-12,16-18,21,26,36H,4-5,7,10,13-15,19H2,1-3H3,(H,37,41)(H,38,42)/b28-18-/t21-,26-/m1/s1. The summed E-state index contributed by atoms with van der Waals surface area (Å²) in [7, 11) is 0. The van der Waals surface area contributed by atoms with Crippen molar-refractivity contribution in [1.29, 1.82) is 0 Å². The molecular weight excluding hydrogens is 562 g/mol. The minimum Gasteiger partial charge on any atom is -0.358 e. The number of fused-ring (bicyclic) bond motifs is 1. The molecule has 2 aromatic carbocycles. The highest BCUT2D eigenvalue weighted by molar-refractivity contribution is 6.35. The maximum atomic E-state index is 13.9. The van der Waals surface area contributed by atoms with Gasteiger partial charge in [0.05, 0.1) is 17.2 Å². The summed E-state index contributed by atoms with van der Waals surface area (Å²) in [6.07, 6.45) is 6.32. The molecule has 2 fully saturated rings. The van der Waals surface area contributed by atoms with E-state index in [1.165, 1.54) is 12.8 Å². The number of halogens is 1. The zero-order chi connectivity index (χ0) is 30.2. The van der Waals surface area contributed by atoms with Crippen LogP contribution in [0.5, 0.6) is 0 Å². The van der Waals surface area contributed by atoms with Gasteiger partial charge in [0.2, 0.25) is 0 Å². The van der Waals surface area contributed by atoms with Crippen molar-refractivity contribution in [3.63, 3.8) is 0 Å². The second kappa shape index (κ2) is 12.0. The Kier molecular flexibility index (Phi) is 8.16. The number of hydrogen-bond acceptors (Lipinski definition) is 4. The van der Waals surface area contributed by atoms with Crippen molar-refractivity contribution in [3.05, 3.63) is 86.7 Å². The third kappa shape index (κ3) is 5.86. The molecule has 8 nitrogen and oxygen atoms in total. The first-order valence-electron chi connectivity index (χ1n) is 15.2. The van der Waals surface area contributed by atoms with Crippen molar-refractivity contribution in [3.8, 4) is 0 Å². The fraction of sp³-hybridized carbons (Fsp3) is 0.382. The minimum atomic E-state index is -0.250. The Hall–Kier alpha value is -3.88. The molecule has 4 heterocycles. The van der Waals surface area contributed by atoms with Crippen LogP contribution >= 0.6 is 11.6 Å². The number of carbonyl (C=O) groups excluding carboxylic acids is 3. The van der Waals surface area contributed by atoms with Crippen LogP contribution in [0.15, 0.2) is 42.5 Å². The number of aryl methyl sites for hydroxylation is 1. The van der Waals surface area contributed by atoms with E-state index in [2.05, 4.69) is 20.5 Å². The molecule has 0 aliphatic carbocycles. The summed E-state index contributed by atoms with van der Waals surface area (Å²) in [5.41, 5.74) is 6.12. The van der Waals surface area contributed by atoms with Crippen LogP contribution in [0, 0.1) is 13.8 Å². The van der Waals surface area contributed by atoms with Crippen LogP contribution in [0.25, 0.3) is 11.6 Å². The summed E-state index contributed by atoms with van der Waals surface area (Å²) in [6, 6.07) is 12.6. The first-order valence-corrected chi connectivity index (χ1v) is 15.5. The number of anilines is 1. The highest BCUT2D eigenvalue weighted by atomic mass is 35.5. The van der Waals surface area contributed by atoms with Crippen molar-refractivity contribution >= 4 is 46.7 Å². The largest absolute Gasteiger partial charge is 0.358 e. The first-order chi connectivity index (χ1) is 20.7. The molecule has 3 N–H and O–H groups in total. The summed E-state index contributed by atoms with van der Waals surface area (Å²) in [6.45, 7) is 9.70. The van der Waals surface area contributed by atoms with Crippen LogP contribution in [0.2, 0.25) is 5.02 Å². The number of amides is 3. The van der Waals surface area contributed by atoms with Gasteiger partial charge in [-0.25, -0.2) is 0 Å². The van der Waals surface area contributed by atoms with E-state index in [0.29, 0.717) is 33.0 Å². The molecule has 0 spiro atoms. The summed E-state index contributed by atoms with van der Waals surface area (Å²) in [5.74, 6) is -0.436. The van der Waals surface area contributed by atoms with E-state index in [4.69, 9.17) is 11.6 Å². The molecule has 224 valence electrons. The van der Waals surface area contributed by atoms with Gasteiger partial charge in [-0.15, -0.1) is 0 Å². The van der Waals surface area contributed by atoms with Gasteiger partial charge in [-0.2, -0.15) is 0 Å². The normalized spacial score (nSPS) is 20.0. The lowest BCUT2D eigenvalue weighted by atomic mass is 10.0. The van der Waals surface area contributed by atoms with E-state index in [1.807, 2.05) is 43.9 Å². The van der Waals surface area contributed by atoms with Crippen LogP contribution in [-0.2, 0) is 4.79 Å². The second-order valence-corrected chi connectivity index (χ2v) is 12.4. The summed E-state index contributed by atoms with van der Waals surface area (Å²) < 4.78 is 0. The van der Waals surface area contributed by atoms with Gasteiger partial charge in [0, 0.05) is 52.4 Å². The van der Waals surface area contributed by atoms with Crippen molar-refractivity contribution in [1.82, 2.24) is 20.1 Å². The number of aromatic nitrogens is 1. The number of likely N-dealkylation sites (tertiary alicyclic amines) is 2. The number of hydrogen-bond donors (Lipinski definition) is 3. The number of rotatable bonds is 7. The van der Waals surface area contributed by atoms with E-state index in [9.17, 15) is 14.4 Å². The van der Waals surface area contributed by atoms with Crippen LogP contribution in [0.1, 0.15) is 87.4 Å². The average Bonchev–Trinajstić information content (AvgIpc) is 3.77. The zero-order valence-electron chi connectivity index (χ0n) is 24.9. The highest BCUT2D eigenvalue weighted by Crippen LogP contribution is 2.35. The fourth-order valence-corrected chi connectivity index (χ4v) is 6.89. The topological polar surface area (TPSA) is 97.5 Å². The smallest absolute Gasteiger partial charge is 0.256 e. The lowest BCUT2D eigenvalue weighted by Gasteiger charge is -2.28. The maximum absolute atomic E-state index is 13.9. The fourth-order valence-electron chi connectivity index (χ4n) is 6.70. The molecule has 0 saturated carbocycles. The van der Waals surface area contributed by atoms with Crippen LogP contribution in [-0.4, -0.2) is 64.7 Å². The lowest BCUT2D eigenvalue weighted by Crippen LogP contribution is -2.42. The number of carbonyl (C=O) groups is 3. The first kappa shape index (κ1) is 29.2. The SMILES string of the molecule is Cc1[nH]c(/C=C2\C(=O)Nc3ccc(C(=O)N[C@H](C)c4cccc(Cl)c4)cc32)c(C)c1C(=O)N1CCC[C@@H]1CN1CCCC1. The monoisotopic (exact) mass is 599 g/mol. The Morgan fingerprint density at radius 3 is 2.65 bits per heavy atom. The maximum Gasteiger partial charge on any atom is 0.256 e. The summed E-state index contributed by atoms with van der Waals surface area (Å²) in [4.78, 5) is 48.0. The summed E-state index contributed by atoms with van der Waals surface area (Å²) in [5, 5.41) is 6.53. The average molecular weight is 600 g/mol. The molecule has 0 bridgehead atoms. The molecule has 2 atom stereocenters. The van der Waals surface area contributed by atoms with Crippen LogP contribution in [0.3, 0.4) is 0 Å². The van der Waals surface area contributed by atoms with E-state index in [-0.39, 0.29) is 29.8 Å². The van der Waals surface area contributed by atoms with E-state index in [0.717, 1.165) is 61.5 Å². The van der Waals surface area contributed by atoms with Gasteiger partial charge in [0.1, 0.15) is 0 Å². The molecule has 0 unspecified atom stereocenters. The Balaban J connectivity index is 1.24. The van der Waals surface area contributed by atoms with E-state index >= 15 is 0 Å². The molecule has 3 aliphatic heterocycles. The molecule has 6 rings (SSSR count). The third-order valence-corrected chi connectivity index (χ3v) is 9.28.